The Morgan fingerprint density at radius 3 is 2.28 bits per heavy atom. The smallest absolute Gasteiger partial charge is 0.116 e. The van der Waals surface area contributed by atoms with E-state index in [4.69, 9.17) is 0 Å². The molecule has 1 saturated carbocycles. The highest BCUT2D eigenvalue weighted by Gasteiger charge is 2.29. The molecule has 104 valence electrons. The van der Waals surface area contributed by atoms with Gasteiger partial charge in [-0.05, 0) is 40.7 Å². The Morgan fingerprint density at radius 1 is 1.28 bits per heavy atom. The lowest BCUT2D eigenvalue weighted by Crippen LogP contribution is -2.53. The minimum absolute atomic E-state index is 0.345. The number of nitrogens with zero attached hydrogens (tertiary/aromatic N) is 2. The van der Waals surface area contributed by atoms with E-state index < -0.39 is 5.54 Å². The van der Waals surface area contributed by atoms with Crippen molar-refractivity contribution in [2.45, 2.75) is 76.9 Å². The van der Waals surface area contributed by atoms with Crippen molar-refractivity contribution in [3.63, 3.8) is 0 Å². The fourth-order valence-corrected chi connectivity index (χ4v) is 3.08. The minimum Gasteiger partial charge on any atom is -0.301 e. The summed E-state index contributed by atoms with van der Waals surface area (Å²) >= 11 is 0. The van der Waals surface area contributed by atoms with Gasteiger partial charge in [-0.2, -0.15) is 5.26 Å². The van der Waals surface area contributed by atoms with Crippen LogP contribution in [0.25, 0.3) is 0 Å². The van der Waals surface area contributed by atoms with Crippen molar-refractivity contribution in [3.8, 4) is 6.07 Å². The molecule has 0 aromatic heterocycles. The van der Waals surface area contributed by atoms with Gasteiger partial charge in [0.05, 0.1) is 6.07 Å². The number of hydrogen-bond donors (Lipinski definition) is 1. The van der Waals surface area contributed by atoms with Crippen LogP contribution in [0, 0.1) is 11.3 Å². The van der Waals surface area contributed by atoms with E-state index in [1.165, 1.54) is 38.5 Å². The zero-order valence-corrected chi connectivity index (χ0v) is 12.5. The summed E-state index contributed by atoms with van der Waals surface area (Å²) in [5.41, 5.74) is -0.435. The summed E-state index contributed by atoms with van der Waals surface area (Å²) < 4.78 is 0. The van der Waals surface area contributed by atoms with Gasteiger partial charge in [0.2, 0.25) is 0 Å². The van der Waals surface area contributed by atoms with E-state index in [1.54, 1.807) is 0 Å². The van der Waals surface area contributed by atoms with Crippen LogP contribution in [0.4, 0.5) is 0 Å². The molecule has 18 heavy (non-hydrogen) atoms. The van der Waals surface area contributed by atoms with Crippen LogP contribution < -0.4 is 5.32 Å². The second kappa shape index (κ2) is 7.11. The first-order valence-corrected chi connectivity index (χ1v) is 7.36. The van der Waals surface area contributed by atoms with Crippen LogP contribution in [0.1, 0.15) is 59.3 Å². The first-order valence-electron chi connectivity index (χ1n) is 7.36. The molecule has 0 radical (unpaired) electrons. The monoisotopic (exact) mass is 251 g/mol. The molecule has 3 nitrogen and oxygen atoms in total. The Labute approximate surface area is 113 Å². The molecule has 1 aliphatic carbocycles. The van der Waals surface area contributed by atoms with Gasteiger partial charge >= 0.3 is 0 Å². The Morgan fingerprint density at radius 2 is 1.83 bits per heavy atom. The third-order valence-corrected chi connectivity index (χ3v) is 3.87. The zero-order chi connectivity index (χ0) is 13.6. The lowest BCUT2D eigenvalue weighted by atomic mass is 10.00. The van der Waals surface area contributed by atoms with E-state index in [0.717, 1.165) is 6.54 Å². The number of nitrogens with one attached hydrogen (secondary N) is 1. The zero-order valence-electron chi connectivity index (χ0n) is 12.5. The Balaban J connectivity index is 2.55. The lowest BCUT2D eigenvalue weighted by molar-refractivity contribution is 0.177. The molecule has 3 heteroatoms. The summed E-state index contributed by atoms with van der Waals surface area (Å²) in [6, 6.07) is 3.45. The van der Waals surface area contributed by atoms with Crippen molar-refractivity contribution in [2.24, 2.45) is 0 Å². The summed E-state index contributed by atoms with van der Waals surface area (Å²) in [5.74, 6) is 0. The molecule has 1 aliphatic rings. The summed E-state index contributed by atoms with van der Waals surface area (Å²) in [6.07, 6.45) is 8.03. The van der Waals surface area contributed by atoms with Crippen LogP contribution in [0.5, 0.6) is 0 Å². The Bertz CT molecular complexity index is 274. The van der Waals surface area contributed by atoms with Gasteiger partial charge in [0.15, 0.2) is 0 Å². The predicted octanol–water partition coefficient (Wildman–Crippen LogP) is 2.92. The van der Waals surface area contributed by atoms with Gasteiger partial charge in [-0.1, -0.05) is 25.7 Å². The maximum absolute atomic E-state index is 9.40. The van der Waals surface area contributed by atoms with Gasteiger partial charge in [-0.25, -0.2) is 0 Å². The third kappa shape index (κ3) is 4.96. The summed E-state index contributed by atoms with van der Waals surface area (Å²) in [6.45, 7) is 7.02. The summed E-state index contributed by atoms with van der Waals surface area (Å²) in [5, 5.41) is 12.8. The molecule has 0 heterocycles. The minimum atomic E-state index is -0.435. The third-order valence-electron chi connectivity index (χ3n) is 3.87. The van der Waals surface area contributed by atoms with Crippen LogP contribution in [0.3, 0.4) is 0 Å². The number of rotatable bonds is 5. The van der Waals surface area contributed by atoms with Crippen molar-refractivity contribution in [2.75, 3.05) is 13.6 Å². The first kappa shape index (κ1) is 15.5. The highest BCUT2D eigenvalue weighted by molar-refractivity contribution is 5.06. The molecule has 1 fully saturated rings. The molecular formula is C15H29N3. The second-order valence-electron chi connectivity index (χ2n) is 6.30. The van der Waals surface area contributed by atoms with E-state index in [9.17, 15) is 5.26 Å². The van der Waals surface area contributed by atoms with Crippen molar-refractivity contribution in [1.29, 1.82) is 5.26 Å². The standard InChI is InChI=1S/C15H29N3/c1-13(2)17-15(3,11-16)12-18(4)14-9-7-5-6-8-10-14/h13-14,17H,5-10,12H2,1-4H3. The number of nitriles is 1. The normalized spacial score (nSPS) is 21.6. The Kier molecular flexibility index (Phi) is 6.11. The quantitative estimate of drug-likeness (QED) is 0.764. The van der Waals surface area contributed by atoms with Gasteiger partial charge in [0.1, 0.15) is 5.54 Å². The van der Waals surface area contributed by atoms with E-state index in [0.29, 0.717) is 12.1 Å². The molecule has 0 bridgehead atoms. The van der Waals surface area contributed by atoms with E-state index in [-0.39, 0.29) is 0 Å². The van der Waals surface area contributed by atoms with Crippen LogP contribution in [-0.4, -0.2) is 36.1 Å². The molecule has 0 aromatic rings. The lowest BCUT2D eigenvalue weighted by Gasteiger charge is -2.35. The van der Waals surface area contributed by atoms with Crippen LogP contribution >= 0.6 is 0 Å². The molecule has 0 spiro atoms. The molecule has 0 saturated heterocycles. The fraction of sp³-hybridized carbons (Fsp3) is 0.933. The average molecular weight is 251 g/mol. The van der Waals surface area contributed by atoms with Crippen molar-refractivity contribution in [1.82, 2.24) is 10.2 Å². The highest BCUT2D eigenvalue weighted by Crippen LogP contribution is 2.22. The molecule has 0 amide bonds. The van der Waals surface area contributed by atoms with Crippen LogP contribution in [-0.2, 0) is 0 Å². The summed E-state index contributed by atoms with van der Waals surface area (Å²) in [4.78, 5) is 2.39. The largest absolute Gasteiger partial charge is 0.301 e. The molecule has 0 aromatic carbocycles. The molecule has 1 N–H and O–H groups in total. The molecule has 0 aliphatic heterocycles. The average Bonchev–Trinajstić information content (AvgIpc) is 2.56. The maximum atomic E-state index is 9.40. The van der Waals surface area contributed by atoms with Crippen molar-refractivity contribution >= 4 is 0 Å². The second-order valence-corrected chi connectivity index (χ2v) is 6.30. The van der Waals surface area contributed by atoms with E-state index in [2.05, 4.69) is 37.2 Å². The molecule has 1 rings (SSSR count). The molecule has 1 unspecified atom stereocenters. The van der Waals surface area contributed by atoms with E-state index in [1.807, 2.05) is 6.92 Å². The number of hydrogen-bond acceptors (Lipinski definition) is 3. The number of likely N-dealkylation sites (N-methyl/N-ethyl adjacent to an activating group) is 1. The summed E-state index contributed by atoms with van der Waals surface area (Å²) in [7, 11) is 2.17. The van der Waals surface area contributed by atoms with Gasteiger partial charge in [0, 0.05) is 18.6 Å². The van der Waals surface area contributed by atoms with Crippen LogP contribution in [0.2, 0.25) is 0 Å². The SMILES string of the molecule is CC(C)NC(C)(C#N)CN(C)C1CCCCCC1. The van der Waals surface area contributed by atoms with Gasteiger partial charge in [-0.3, -0.25) is 5.32 Å². The van der Waals surface area contributed by atoms with Crippen molar-refractivity contribution in [3.05, 3.63) is 0 Å². The maximum Gasteiger partial charge on any atom is 0.116 e. The van der Waals surface area contributed by atoms with Crippen LogP contribution in [0.15, 0.2) is 0 Å². The highest BCUT2D eigenvalue weighted by atomic mass is 15.2. The topological polar surface area (TPSA) is 39.1 Å². The van der Waals surface area contributed by atoms with Gasteiger partial charge in [-0.15, -0.1) is 0 Å². The molecule has 1 atom stereocenters. The predicted molar refractivity (Wildman–Crippen MR) is 76.4 cm³/mol. The van der Waals surface area contributed by atoms with Gasteiger partial charge < -0.3 is 4.90 Å². The Hall–Kier alpha value is -0.590. The molecular weight excluding hydrogens is 222 g/mol. The van der Waals surface area contributed by atoms with Crippen molar-refractivity contribution < 1.29 is 0 Å². The fourth-order valence-electron chi connectivity index (χ4n) is 3.08. The van der Waals surface area contributed by atoms with E-state index >= 15 is 0 Å². The first-order chi connectivity index (χ1) is 8.47. The van der Waals surface area contributed by atoms with Gasteiger partial charge in [0.25, 0.3) is 0 Å².